The van der Waals surface area contributed by atoms with Crippen LogP contribution in [0.4, 0.5) is 0 Å². The first-order valence-corrected chi connectivity index (χ1v) is 12.2. The monoisotopic (exact) mass is 436 g/mol. The molecule has 0 bridgehead atoms. The summed E-state index contributed by atoms with van der Waals surface area (Å²) in [5.74, 6) is -0.551. The molecule has 6 nitrogen and oxygen atoms in total. The smallest absolute Gasteiger partial charge is 0.306 e. The lowest BCUT2D eigenvalue weighted by atomic mass is 9.48. The standard InChI is InChI=1S/C25H40O6/c1-15(21(28)29)17-8-11-23(3)18-5-6-19(24(4,30)14-26)25(12-9-20(27)31-25)13-16(18)7-10-22(17,23)2/h15-19,26,30H,5-14H2,1-4H3,(H,28,29)/t15-,16+,17+,18-,19-,22+,23-,24+,25+/m0/s1. The molecule has 0 aromatic carbocycles. The highest BCUT2D eigenvalue weighted by Gasteiger charge is 2.65. The summed E-state index contributed by atoms with van der Waals surface area (Å²) in [4.78, 5) is 24.0. The molecule has 0 aromatic heterocycles. The second kappa shape index (κ2) is 7.44. The van der Waals surface area contributed by atoms with Crippen LogP contribution in [0.1, 0.15) is 85.5 Å². The van der Waals surface area contributed by atoms with Crippen LogP contribution in [0.15, 0.2) is 0 Å². The lowest BCUT2D eigenvalue weighted by Crippen LogP contribution is -2.53. The van der Waals surface area contributed by atoms with E-state index < -0.39 is 17.2 Å². The van der Waals surface area contributed by atoms with Crippen molar-refractivity contribution in [2.45, 2.75) is 96.7 Å². The summed E-state index contributed by atoms with van der Waals surface area (Å²) >= 11 is 0. The minimum Gasteiger partial charge on any atom is -0.481 e. The predicted octanol–water partition coefficient (Wildman–Crippen LogP) is 3.78. The van der Waals surface area contributed by atoms with Crippen molar-refractivity contribution in [3.05, 3.63) is 0 Å². The second-order valence-electron chi connectivity index (χ2n) is 11.9. The maximum atomic E-state index is 12.2. The van der Waals surface area contributed by atoms with Crippen molar-refractivity contribution >= 4 is 11.9 Å². The van der Waals surface area contributed by atoms with Crippen LogP contribution in [-0.2, 0) is 14.3 Å². The Kier molecular flexibility index (Phi) is 5.53. The largest absolute Gasteiger partial charge is 0.481 e. The highest BCUT2D eigenvalue weighted by Crippen LogP contribution is 2.70. The number of rotatable bonds is 4. The highest BCUT2D eigenvalue weighted by molar-refractivity contribution is 5.72. The number of carboxylic acids is 1. The second-order valence-corrected chi connectivity index (χ2v) is 11.9. The Morgan fingerprint density at radius 2 is 1.84 bits per heavy atom. The topological polar surface area (TPSA) is 104 Å². The Hall–Kier alpha value is -1.14. The van der Waals surface area contributed by atoms with Gasteiger partial charge in [-0.3, -0.25) is 9.59 Å². The summed E-state index contributed by atoms with van der Waals surface area (Å²) in [5.41, 5.74) is -1.98. The van der Waals surface area contributed by atoms with Crippen LogP contribution in [0.25, 0.3) is 0 Å². The maximum absolute atomic E-state index is 12.2. The molecule has 4 fully saturated rings. The third-order valence-electron chi connectivity index (χ3n) is 10.7. The summed E-state index contributed by atoms with van der Waals surface area (Å²) in [6.07, 6.45) is 7.35. The van der Waals surface area contributed by atoms with Crippen LogP contribution in [0.3, 0.4) is 0 Å². The van der Waals surface area contributed by atoms with Gasteiger partial charge in [0.05, 0.1) is 18.1 Å². The van der Waals surface area contributed by atoms with Gasteiger partial charge >= 0.3 is 11.9 Å². The van der Waals surface area contributed by atoms with Crippen molar-refractivity contribution in [2.24, 2.45) is 40.4 Å². The molecule has 1 saturated heterocycles. The van der Waals surface area contributed by atoms with Gasteiger partial charge < -0.3 is 20.1 Å². The van der Waals surface area contributed by atoms with E-state index in [4.69, 9.17) is 4.74 Å². The molecule has 3 N–H and O–H groups in total. The van der Waals surface area contributed by atoms with Crippen LogP contribution in [0.5, 0.6) is 0 Å². The minimum atomic E-state index is -1.29. The van der Waals surface area contributed by atoms with Crippen molar-refractivity contribution in [3.8, 4) is 0 Å². The molecule has 1 aliphatic heterocycles. The van der Waals surface area contributed by atoms with Crippen LogP contribution in [-0.4, -0.2) is 45.1 Å². The zero-order valence-electron chi connectivity index (χ0n) is 19.5. The summed E-state index contributed by atoms with van der Waals surface area (Å²) < 4.78 is 5.99. The molecule has 0 unspecified atom stereocenters. The molecule has 0 amide bonds. The SMILES string of the molecule is C[C@H](C(=O)O)[C@H]1CC[C@@]2(C)[C@H]3CC[C@@H]([C@](C)(O)CO)[C@@]4(CCC(=O)O4)C[C@H]3CC[C@]12C. The number of esters is 1. The van der Waals surface area contributed by atoms with Crippen LogP contribution < -0.4 is 0 Å². The van der Waals surface area contributed by atoms with E-state index in [1.165, 1.54) is 0 Å². The fourth-order valence-corrected chi connectivity index (χ4v) is 8.76. The summed E-state index contributed by atoms with van der Waals surface area (Å²) in [5, 5.41) is 30.8. The zero-order chi connectivity index (χ0) is 22.8. The van der Waals surface area contributed by atoms with Crippen molar-refractivity contribution in [2.75, 3.05) is 6.61 Å². The molecule has 1 heterocycles. The predicted molar refractivity (Wildman–Crippen MR) is 115 cm³/mol. The fraction of sp³-hybridized carbons (Fsp3) is 0.920. The lowest BCUT2D eigenvalue weighted by molar-refractivity contribution is -0.173. The number of aliphatic carboxylic acids is 1. The van der Waals surface area contributed by atoms with E-state index in [-0.39, 0.29) is 41.2 Å². The Bertz CT molecular complexity index is 748. The lowest BCUT2D eigenvalue weighted by Gasteiger charge is -2.57. The molecule has 3 aliphatic carbocycles. The van der Waals surface area contributed by atoms with Gasteiger partial charge in [-0.2, -0.15) is 0 Å². The van der Waals surface area contributed by atoms with Gasteiger partial charge in [0.2, 0.25) is 0 Å². The molecule has 31 heavy (non-hydrogen) atoms. The molecule has 6 heteroatoms. The highest BCUT2D eigenvalue weighted by atomic mass is 16.6. The van der Waals surface area contributed by atoms with Gasteiger partial charge in [-0.1, -0.05) is 20.8 Å². The van der Waals surface area contributed by atoms with E-state index in [1.54, 1.807) is 6.92 Å². The molecule has 1 spiro atoms. The zero-order valence-corrected chi connectivity index (χ0v) is 19.5. The van der Waals surface area contributed by atoms with Crippen LogP contribution >= 0.6 is 0 Å². The maximum Gasteiger partial charge on any atom is 0.306 e. The van der Waals surface area contributed by atoms with Gasteiger partial charge in [0.15, 0.2) is 0 Å². The first-order chi connectivity index (χ1) is 14.4. The van der Waals surface area contributed by atoms with E-state index in [0.717, 1.165) is 38.5 Å². The van der Waals surface area contributed by atoms with E-state index in [1.807, 2.05) is 6.92 Å². The number of carbonyl (C=O) groups is 2. The first-order valence-electron chi connectivity index (χ1n) is 12.2. The molecule has 0 radical (unpaired) electrons. The number of carboxylic acid groups (broad SMARTS) is 1. The van der Waals surface area contributed by atoms with Gasteiger partial charge in [0.25, 0.3) is 0 Å². The average Bonchev–Trinajstić information content (AvgIpc) is 3.13. The molecule has 9 atom stereocenters. The number of fused-ring (bicyclic) bond motifs is 3. The molecular weight excluding hydrogens is 396 g/mol. The fourth-order valence-electron chi connectivity index (χ4n) is 8.76. The van der Waals surface area contributed by atoms with Crippen molar-refractivity contribution in [1.82, 2.24) is 0 Å². The Morgan fingerprint density at radius 3 is 2.42 bits per heavy atom. The molecule has 4 aliphatic rings. The molecule has 3 saturated carbocycles. The number of hydrogen-bond acceptors (Lipinski definition) is 5. The molecule has 4 rings (SSSR count). The third kappa shape index (κ3) is 3.26. The van der Waals surface area contributed by atoms with Crippen LogP contribution in [0.2, 0.25) is 0 Å². The number of hydrogen-bond donors (Lipinski definition) is 3. The Morgan fingerprint density at radius 1 is 1.16 bits per heavy atom. The normalized spacial score (nSPS) is 47.7. The number of aliphatic hydroxyl groups excluding tert-OH is 1. The van der Waals surface area contributed by atoms with Gasteiger partial charge in [-0.15, -0.1) is 0 Å². The quantitative estimate of drug-likeness (QED) is 0.580. The van der Waals surface area contributed by atoms with E-state index >= 15 is 0 Å². The number of carbonyl (C=O) groups excluding carboxylic acids is 1. The summed E-state index contributed by atoms with van der Waals surface area (Å²) in [6, 6.07) is 0. The van der Waals surface area contributed by atoms with E-state index in [2.05, 4.69) is 13.8 Å². The average molecular weight is 437 g/mol. The number of ether oxygens (including phenoxy) is 1. The van der Waals surface area contributed by atoms with Crippen LogP contribution in [0, 0.1) is 40.4 Å². The molecule has 0 aromatic rings. The summed E-state index contributed by atoms with van der Waals surface area (Å²) in [7, 11) is 0. The van der Waals surface area contributed by atoms with Gasteiger partial charge in [-0.25, -0.2) is 0 Å². The molecule has 176 valence electrons. The Balaban J connectivity index is 1.69. The van der Waals surface area contributed by atoms with Gasteiger partial charge in [0, 0.05) is 12.3 Å². The van der Waals surface area contributed by atoms with Crippen molar-refractivity contribution in [1.29, 1.82) is 0 Å². The third-order valence-corrected chi connectivity index (χ3v) is 10.7. The van der Waals surface area contributed by atoms with Gasteiger partial charge in [0.1, 0.15) is 5.60 Å². The van der Waals surface area contributed by atoms with Crippen molar-refractivity contribution in [3.63, 3.8) is 0 Å². The number of aliphatic hydroxyl groups is 2. The van der Waals surface area contributed by atoms with E-state index in [9.17, 15) is 24.9 Å². The first kappa shape index (κ1) is 23.0. The Labute approximate surface area is 185 Å². The van der Waals surface area contributed by atoms with Gasteiger partial charge in [-0.05, 0) is 86.9 Å². The van der Waals surface area contributed by atoms with Crippen molar-refractivity contribution < 1.29 is 29.6 Å². The minimum absolute atomic E-state index is 0.0230. The molecular formula is C25H40O6. The summed E-state index contributed by atoms with van der Waals surface area (Å²) in [6.45, 7) is 7.88. The van der Waals surface area contributed by atoms with E-state index in [0.29, 0.717) is 31.1 Å².